The van der Waals surface area contributed by atoms with Crippen LogP contribution in [0.25, 0.3) is 5.69 Å². The van der Waals surface area contributed by atoms with Crippen molar-refractivity contribution in [2.75, 3.05) is 12.4 Å². The summed E-state index contributed by atoms with van der Waals surface area (Å²) in [5.41, 5.74) is 5.19. The van der Waals surface area contributed by atoms with Crippen LogP contribution in [0.5, 0.6) is 5.75 Å². The molecule has 0 bridgehead atoms. The van der Waals surface area contributed by atoms with Crippen molar-refractivity contribution < 1.29 is 13.9 Å². The number of halogens is 1. The number of hydrogen-bond donors (Lipinski definition) is 1. The third-order valence-electron chi connectivity index (χ3n) is 5.40. The van der Waals surface area contributed by atoms with Crippen LogP contribution in [0.3, 0.4) is 0 Å². The summed E-state index contributed by atoms with van der Waals surface area (Å²) >= 11 is 0. The molecule has 1 amide bonds. The number of amides is 1. The van der Waals surface area contributed by atoms with Gasteiger partial charge in [0.2, 0.25) is 0 Å². The molecule has 0 radical (unpaired) electrons. The summed E-state index contributed by atoms with van der Waals surface area (Å²) in [7, 11) is 1.58. The maximum Gasteiger partial charge on any atom is 0.276 e. The lowest BCUT2D eigenvalue weighted by Gasteiger charge is -2.14. The van der Waals surface area contributed by atoms with Crippen LogP contribution in [-0.2, 0) is 12.8 Å². The van der Waals surface area contributed by atoms with Gasteiger partial charge in [-0.3, -0.25) is 4.79 Å². The van der Waals surface area contributed by atoms with E-state index < -0.39 is 0 Å². The van der Waals surface area contributed by atoms with Gasteiger partial charge in [-0.25, -0.2) is 9.07 Å². The summed E-state index contributed by atoms with van der Waals surface area (Å²) in [5.74, 6) is 0.0434. The van der Waals surface area contributed by atoms with Crippen molar-refractivity contribution in [1.82, 2.24) is 9.78 Å². The minimum atomic E-state index is -0.281. The summed E-state index contributed by atoms with van der Waals surface area (Å²) in [5, 5.41) is 7.53. The normalized spacial score (nSPS) is 13.1. The Labute approximate surface area is 169 Å². The van der Waals surface area contributed by atoms with E-state index in [1.807, 2.05) is 31.2 Å². The number of benzene rings is 2. The molecule has 5 nitrogen and oxygen atoms in total. The molecular weight excluding hydrogens is 369 g/mol. The van der Waals surface area contributed by atoms with E-state index in [0.29, 0.717) is 28.4 Å². The second kappa shape index (κ2) is 7.70. The van der Waals surface area contributed by atoms with Gasteiger partial charge in [0, 0.05) is 11.3 Å². The largest absolute Gasteiger partial charge is 0.495 e. The number of rotatable bonds is 4. The number of anilines is 1. The number of nitrogens with one attached hydrogen (secondary N) is 1. The maximum atomic E-state index is 14.1. The minimum absolute atomic E-state index is 0.280. The van der Waals surface area contributed by atoms with E-state index in [-0.39, 0.29) is 11.7 Å². The number of aryl methyl sites for hydroxylation is 2. The van der Waals surface area contributed by atoms with Crippen molar-refractivity contribution in [3.05, 3.63) is 70.3 Å². The lowest BCUT2D eigenvalue weighted by atomic mass is 9.95. The zero-order valence-corrected chi connectivity index (χ0v) is 16.9. The number of nitrogens with zero attached hydrogens (tertiary/aromatic N) is 2. The Kier molecular flexibility index (Phi) is 5.09. The van der Waals surface area contributed by atoms with E-state index in [0.717, 1.165) is 42.5 Å². The summed E-state index contributed by atoms with van der Waals surface area (Å²) in [4.78, 5) is 13.1. The molecule has 2 aromatic carbocycles. The molecule has 150 valence electrons. The summed E-state index contributed by atoms with van der Waals surface area (Å²) in [6, 6.07) is 10.7. The van der Waals surface area contributed by atoms with Gasteiger partial charge in [-0.05, 0) is 74.9 Å². The summed E-state index contributed by atoms with van der Waals surface area (Å²) in [6.07, 6.45) is 3.64. The molecule has 3 aromatic rings. The first-order valence-corrected chi connectivity index (χ1v) is 9.81. The van der Waals surface area contributed by atoms with Crippen LogP contribution in [-0.4, -0.2) is 22.8 Å². The molecule has 1 aromatic heterocycles. The number of carbonyl (C=O) groups excluding carboxylic acids is 1. The molecule has 1 N–H and O–H groups in total. The third-order valence-corrected chi connectivity index (χ3v) is 5.40. The van der Waals surface area contributed by atoms with Crippen LogP contribution >= 0.6 is 0 Å². The van der Waals surface area contributed by atoms with Crippen LogP contribution in [0.1, 0.15) is 45.7 Å². The van der Waals surface area contributed by atoms with Gasteiger partial charge in [0.1, 0.15) is 11.6 Å². The predicted octanol–water partition coefficient (Wildman–Crippen LogP) is 4.77. The van der Waals surface area contributed by atoms with E-state index in [1.165, 1.54) is 6.07 Å². The van der Waals surface area contributed by atoms with E-state index in [1.54, 1.807) is 24.8 Å². The quantitative estimate of drug-likeness (QED) is 0.695. The van der Waals surface area contributed by atoms with Crippen molar-refractivity contribution in [2.24, 2.45) is 0 Å². The number of carbonyl (C=O) groups is 1. The van der Waals surface area contributed by atoms with Gasteiger partial charge in [0.25, 0.3) is 5.91 Å². The van der Waals surface area contributed by atoms with Gasteiger partial charge in [-0.2, -0.15) is 5.10 Å². The molecule has 1 aliphatic rings. The molecule has 0 unspecified atom stereocenters. The minimum Gasteiger partial charge on any atom is -0.495 e. The van der Waals surface area contributed by atoms with Gasteiger partial charge >= 0.3 is 0 Å². The van der Waals surface area contributed by atoms with Gasteiger partial charge in [-0.15, -0.1) is 0 Å². The highest BCUT2D eigenvalue weighted by Gasteiger charge is 2.26. The molecule has 0 saturated carbocycles. The smallest absolute Gasteiger partial charge is 0.276 e. The monoisotopic (exact) mass is 393 g/mol. The zero-order chi connectivity index (χ0) is 20.5. The molecule has 4 rings (SSSR count). The van der Waals surface area contributed by atoms with Crippen molar-refractivity contribution in [2.45, 2.75) is 39.5 Å². The number of ether oxygens (including phenoxy) is 1. The highest BCUT2D eigenvalue weighted by Crippen LogP contribution is 2.30. The van der Waals surface area contributed by atoms with Crippen LogP contribution in [0.2, 0.25) is 0 Å². The second-order valence-corrected chi connectivity index (χ2v) is 7.48. The summed E-state index contributed by atoms with van der Waals surface area (Å²) in [6.45, 7) is 3.69. The fraction of sp³-hybridized carbons (Fsp3) is 0.304. The Morgan fingerprint density at radius 1 is 1.14 bits per heavy atom. The lowest BCUT2D eigenvalue weighted by molar-refractivity contribution is 0.102. The van der Waals surface area contributed by atoms with Crippen LogP contribution in [0.15, 0.2) is 36.4 Å². The van der Waals surface area contributed by atoms with E-state index in [4.69, 9.17) is 4.74 Å². The van der Waals surface area contributed by atoms with E-state index in [2.05, 4.69) is 10.4 Å². The van der Waals surface area contributed by atoms with Crippen LogP contribution in [0.4, 0.5) is 10.1 Å². The molecule has 0 fully saturated rings. The molecular formula is C23H24FN3O2. The van der Waals surface area contributed by atoms with Crippen molar-refractivity contribution in [3.63, 3.8) is 0 Å². The van der Waals surface area contributed by atoms with E-state index in [9.17, 15) is 9.18 Å². The fourth-order valence-electron chi connectivity index (χ4n) is 3.79. The van der Waals surface area contributed by atoms with Crippen molar-refractivity contribution >= 4 is 11.6 Å². The molecule has 0 saturated heterocycles. The highest BCUT2D eigenvalue weighted by atomic mass is 19.1. The second-order valence-electron chi connectivity index (χ2n) is 7.48. The maximum absolute atomic E-state index is 14.1. The Bertz CT molecular complexity index is 1090. The number of hydrogen-bond acceptors (Lipinski definition) is 3. The van der Waals surface area contributed by atoms with Gasteiger partial charge < -0.3 is 10.1 Å². The highest BCUT2D eigenvalue weighted by molar-refractivity contribution is 6.05. The zero-order valence-electron chi connectivity index (χ0n) is 16.9. The molecule has 6 heteroatoms. The van der Waals surface area contributed by atoms with Gasteiger partial charge in [0.15, 0.2) is 5.69 Å². The predicted molar refractivity (Wildman–Crippen MR) is 111 cm³/mol. The topological polar surface area (TPSA) is 56.1 Å². The van der Waals surface area contributed by atoms with Gasteiger partial charge in [0.05, 0.1) is 18.5 Å². The van der Waals surface area contributed by atoms with Crippen LogP contribution < -0.4 is 10.1 Å². The number of aromatic nitrogens is 2. The average Bonchev–Trinajstić information content (AvgIpc) is 3.11. The third kappa shape index (κ3) is 3.62. The summed E-state index contributed by atoms with van der Waals surface area (Å²) < 4.78 is 21.2. The van der Waals surface area contributed by atoms with Crippen molar-refractivity contribution in [1.29, 1.82) is 0 Å². The number of fused-ring (bicyclic) bond motifs is 1. The molecule has 0 atom stereocenters. The first-order valence-electron chi connectivity index (χ1n) is 9.81. The Hall–Kier alpha value is -3.15. The standard InChI is InChI=1S/C23H24FN3O2/c1-14-8-11-19(21(12-14)29-3)25-23(28)22-17-6-4-5-7-20(17)27(26-22)16-10-9-15(2)18(24)13-16/h8-13H,4-7H2,1-3H3,(H,25,28). The Morgan fingerprint density at radius 2 is 1.93 bits per heavy atom. The first-order chi connectivity index (χ1) is 14.0. The SMILES string of the molecule is COc1cc(C)ccc1NC(=O)c1nn(-c2ccc(C)c(F)c2)c2c1CCCC2. The van der Waals surface area contributed by atoms with Crippen LogP contribution in [0, 0.1) is 19.7 Å². The fourth-order valence-corrected chi connectivity index (χ4v) is 3.79. The Morgan fingerprint density at radius 3 is 2.69 bits per heavy atom. The molecule has 1 heterocycles. The van der Waals surface area contributed by atoms with Gasteiger partial charge in [-0.1, -0.05) is 12.1 Å². The average molecular weight is 393 g/mol. The molecule has 0 spiro atoms. The molecule has 29 heavy (non-hydrogen) atoms. The van der Waals surface area contributed by atoms with E-state index >= 15 is 0 Å². The first kappa shape index (κ1) is 19.2. The molecule has 0 aliphatic heterocycles. The Balaban J connectivity index is 1.73. The molecule has 1 aliphatic carbocycles. The van der Waals surface area contributed by atoms with Crippen molar-refractivity contribution in [3.8, 4) is 11.4 Å². The lowest BCUT2D eigenvalue weighted by Crippen LogP contribution is -2.16. The number of methoxy groups -OCH3 is 1.